The van der Waals surface area contributed by atoms with Gasteiger partial charge in [-0.25, -0.2) is 4.39 Å². The van der Waals surface area contributed by atoms with E-state index in [1.807, 2.05) is 0 Å². The highest BCUT2D eigenvalue weighted by atomic mass is 35.5. The molecule has 2 N–H and O–H groups in total. The molecule has 1 saturated heterocycles. The number of aromatic hydroxyl groups is 1. The third kappa shape index (κ3) is 1.92. The minimum absolute atomic E-state index is 0. The molecule has 0 aromatic heterocycles. The second-order valence-electron chi connectivity index (χ2n) is 3.00. The van der Waals surface area contributed by atoms with E-state index in [9.17, 15) is 4.39 Å². The Labute approximate surface area is 82.2 Å². The predicted octanol–water partition coefficient (Wildman–Crippen LogP) is 1.99. The van der Waals surface area contributed by atoms with Gasteiger partial charge in [-0.2, -0.15) is 0 Å². The summed E-state index contributed by atoms with van der Waals surface area (Å²) in [6.07, 6.45) is 0.974. The highest BCUT2D eigenvalue weighted by Gasteiger charge is 2.21. The van der Waals surface area contributed by atoms with E-state index in [0.29, 0.717) is 5.56 Å². The van der Waals surface area contributed by atoms with Gasteiger partial charge in [-0.3, -0.25) is 0 Å². The van der Waals surface area contributed by atoms with Gasteiger partial charge in [0.15, 0.2) is 0 Å². The Morgan fingerprint density at radius 1 is 1.46 bits per heavy atom. The van der Waals surface area contributed by atoms with Crippen LogP contribution in [0.1, 0.15) is 18.0 Å². The van der Waals surface area contributed by atoms with Gasteiger partial charge in [-0.05, 0) is 19.0 Å². The van der Waals surface area contributed by atoms with Crippen molar-refractivity contribution in [1.82, 2.24) is 5.32 Å². The fraction of sp³-hybridized carbons (Fsp3) is 0.333. The fourth-order valence-electron chi connectivity index (χ4n) is 1.35. The van der Waals surface area contributed by atoms with Gasteiger partial charge < -0.3 is 10.4 Å². The van der Waals surface area contributed by atoms with Gasteiger partial charge in [0.25, 0.3) is 0 Å². The predicted molar refractivity (Wildman–Crippen MR) is 50.7 cm³/mol. The number of benzene rings is 1. The maximum Gasteiger partial charge on any atom is 0.131 e. The number of phenolic OH excluding ortho intramolecular Hbond substituents is 1. The molecule has 0 aliphatic carbocycles. The summed E-state index contributed by atoms with van der Waals surface area (Å²) >= 11 is 0. The van der Waals surface area contributed by atoms with Crippen molar-refractivity contribution in [3.05, 3.63) is 29.6 Å². The third-order valence-electron chi connectivity index (χ3n) is 2.18. The zero-order chi connectivity index (χ0) is 8.55. The first-order valence-electron chi connectivity index (χ1n) is 3.99. The maximum absolute atomic E-state index is 13.1. The first kappa shape index (κ1) is 10.3. The summed E-state index contributed by atoms with van der Waals surface area (Å²) in [5, 5.41) is 12.1. The Balaban J connectivity index is 0.000000845. The number of halogens is 2. The van der Waals surface area contributed by atoms with Crippen LogP contribution in [0.4, 0.5) is 4.39 Å². The summed E-state index contributed by atoms with van der Waals surface area (Å²) in [5.74, 6) is -0.345. The molecule has 1 aromatic carbocycles. The van der Waals surface area contributed by atoms with E-state index < -0.39 is 0 Å². The average molecular weight is 204 g/mol. The van der Waals surface area contributed by atoms with E-state index in [1.165, 1.54) is 6.07 Å². The zero-order valence-electron chi connectivity index (χ0n) is 6.96. The highest BCUT2D eigenvalue weighted by Crippen LogP contribution is 2.27. The van der Waals surface area contributed by atoms with Gasteiger partial charge in [0.2, 0.25) is 0 Å². The lowest BCUT2D eigenvalue weighted by Crippen LogP contribution is -2.35. The zero-order valence-corrected chi connectivity index (χ0v) is 7.77. The van der Waals surface area contributed by atoms with E-state index in [1.54, 1.807) is 6.07 Å². The SMILES string of the molecule is Cl.Oc1ccc([C@@H]2CCN2)c(F)c1. The molecule has 1 atom stereocenters. The molecule has 2 rings (SSSR count). The number of hydrogen-bond acceptors (Lipinski definition) is 2. The van der Waals surface area contributed by atoms with Crippen molar-refractivity contribution < 1.29 is 9.50 Å². The highest BCUT2D eigenvalue weighted by molar-refractivity contribution is 5.85. The maximum atomic E-state index is 13.1. The molecule has 1 heterocycles. The summed E-state index contributed by atoms with van der Waals surface area (Å²) in [6, 6.07) is 4.43. The summed E-state index contributed by atoms with van der Waals surface area (Å²) in [4.78, 5) is 0. The van der Waals surface area contributed by atoms with Crippen LogP contribution >= 0.6 is 12.4 Å². The number of phenols is 1. The Bertz CT molecular complexity index is 302. The van der Waals surface area contributed by atoms with Gasteiger partial charge in [0.1, 0.15) is 11.6 Å². The van der Waals surface area contributed by atoms with E-state index in [0.717, 1.165) is 19.0 Å². The van der Waals surface area contributed by atoms with Crippen LogP contribution in [0, 0.1) is 5.82 Å². The van der Waals surface area contributed by atoms with Crippen LogP contribution < -0.4 is 5.32 Å². The second kappa shape index (κ2) is 3.94. The molecule has 1 fully saturated rings. The topological polar surface area (TPSA) is 32.3 Å². The standard InChI is InChI=1S/C9H10FNO.ClH/c10-8-5-6(12)1-2-7(8)9-3-4-11-9;/h1-2,5,9,11-12H,3-4H2;1H/t9-;/m0./s1. The van der Waals surface area contributed by atoms with E-state index in [-0.39, 0.29) is 30.0 Å². The van der Waals surface area contributed by atoms with E-state index >= 15 is 0 Å². The van der Waals surface area contributed by atoms with Gasteiger partial charge in [-0.1, -0.05) is 6.07 Å². The van der Waals surface area contributed by atoms with Crippen molar-refractivity contribution in [2.45, 2.75) is 12.5 Å². The monoisotopic (exact) mass is 203 g/mol. The number of nitrogens with one attached hydrogen (secondary N) is 1. The van der Waals surface area contributed by atoms with Crippen LogP contribution in [-0.4, -0.2) is 11.7 Å². The van der Waals surface area contributed by atoms with Crippen LogP contribution in [0.25, 0.3) is 0 Å². The van der Waals surface area contributed by atoms with E-state index in [2.05, 4.69) is 5.32 Å². The van der Waals surface area contributed by atoms with Gasteiger partial charge in [-0.15, -0.1) is 12.4 Å². The molecule has 0 radical (unpaired) electrons. The van der Waals surface area contributed by atoms with Crippen molar-refractivity contribution in [2.24, 2.45) is 0 Å². The quantitative estimate of drug-likeness (QED) is 0.732. The summed E-state index contributed by atoms with van der Waals surface area (Å²) in [6.45, 7) is 0.949. The van der Waals surface area contributed by atoms with Crippen LogP contribution in [-0.2, 0) is 0 Å². The summed E-state index contributed by atoms with van der Waals surface area (Å²) in [7, 11) is 0. The minimum Gasteiger partial charge on any atom is -0.508 e. The first-order valence-corrected chi connectivity index (χ1v) is 3.99. The van der Waals surface area contributed by atoms with Crippen LogP contribution in [0.3, 0.4) is 0 Å². The molecule has 0 saturated carbocycles. The Morgan fingerprint density at radius 2 is 2.15 bits per heavy atom. The largest absolute Gasteiger partial charge is 0.508 e. The van der Waals surface area contributed by atoms with Crippen LogP contribution in [0.15, 0.2) is 18.2 Å². The average Bonchev–Trinajstić information content (AvgIpc) is 1.91. The number of rotatable bonds is 1. The molecule has 0 spiro atoms. The van der Waals surface area contributed by atoms with Crippen molar-refractivity contribution >= 4 is 12.4 Å². The Hall–Kier alpha value is -0.800. The van der Waals surface area contributed by atoms with Crippen molar-refractivity contribution in [3.8, 4) is 5.75 Å². The molecule has 1 aliphatic heterocycles. The smallest absolute Gasteiger partial charge is 0.131 e. The third-order valence-corrected chi connectivity index (χ3v) is 2.18. The van der Waals surface area contributed by atoms with Gasteiger partial charge >= 0.3 is 0 Å². The minimum atomic E-state index is -0.327. The lowest BCUT2D eigenvalue weighted by molar-refractivity contribution is 0.368. The fourth-order valence-corrected chi connectivity index (χ4v) is 1.35. The molecule has 1 aliphatic rings. The van der Waals surface area contributed by atoms with Crippen molar-refractivity contribution in [1.29, 1.82) is 0 Å². The van der Waals surface area contributed by atoms with Crippen LogP contribution in [0.2, 0.25) is 0 Å². The van der Waals surface area contributed by atoms with Gasteiger partial charge in [0, 0.05) is 17.7 Å². The summed E-state index contributed by atoms with van der Waals surface area (Å²) < 4.78 is 13.1. The molecule has 0 bridgehead atoms. The molecule has 0 amide bonds. The van der Waals surface area contributed by atoms with Crippen molar-refractivity contribution in [2.75, 3.05) is 6.54 Å². The molecule has 0 unspecified atom stereocenters. The molecule has 2 nitrogen and oxygen atoms in total. The number of hydrogen-bond donors (Lipinski definition) is 2. The molecular weight excluding hydrogens is 193 g/mol. The summed E-state index contributed by atoms with van der Waals surface area (Å²) in [5.41, 5.74) is 0.652. The lowest BCUT2D eigenvalue weighted by Gasteiger charge is -2.28. The second-order valence-corrected chi connectivity index (χ2v) is 3.00. The van der Waals surface area contributed by atoms with Crippen molar-refractivity contribution in [3.63, 3.8) is 0 Å². The lowest BCUT2D eigenvalue weighted by atomic mass is 9.97. The molecular formula is C9H11ClFNO. The normalized spacial score (nSPS) is 20.2. The van der Waals surface area contributed by atoms with E-state index in [4.69, 9.17) is 5.11 Å². The van der Waals surface area contributed by atoms with Gasteiger partial charge in [0.05, 0.1) is 0 Å². The molecule has 1 aromatic rings. The van der Waals surface area contributed by atoms with Crippen LogP contribution in [0.5, 0.6) is 5.75 Å². The Kier molecular flexibility index (Phi) is 3.12. The molecule has 72 valence electrons. The Morgan fingerprint density at radius 3 is 2.62 bits per heavy atom. The molecule has 4 heteroatoms. The first-order chi connectivity index (χ1) is 5.77. The molecule has 13 heavy (non-hydrogen) atoms.